The lowest BCUT2D eigenvalue weighted by atomic mass is 10.2. The van der Waals surface area contributed by atoms with E-state index in [0.717, 1.165) is 0 Å². The van der Waals surface area contributed by atoms with Gasteiger partial charge in [0.2, 0.25) is 5.82 Å². The fourth-order valence-corrected chi connectivity index (χ4v) is 0.964. The molecule has 3 nitrogen and oxygen atoms in total. The molecule has 1 aromatic heterocycles. The Hall–Kier alpha value is -0.780. The van der Waals surface area contributed by atoms with E-state index in [-0.39, 0.29) is 17.0 Å². The van der Waals surface area contributed by atoms with Crippen LogP contribution in [0.3, 0.4) is 0 Å². The zero-order valence-electron chi connectivity index (χ0n) is 6.77. The Morgan fingerprint density at radius 3 is 2.58 bits per heavy atom. The number of aromatic amines is 1. The molecule has 0 fully saturated rings. The van der Waals surface area contributed by atoms with Crippen molar-refractivity contribution in [3.8, 4) is 0 Å². The van der Waals surface area contributed by atoms with E-state index in [1.807, 2.05) is 0 Å². The number of H-pyrrole nitrogens is 1. The Morgan fingerprint density at radius 2 is 2.25 bits per heavy atom. The summed E-state index contributed by atoms with van der Waals surface area (Å²) in [6.07, 6.45) is -0.277. The lowest BCUT2D eigenvalue weighted by Crippen LogP contribution is -2.17. The van der Waals surface area contributed by atoms with Gasteiger partial charge in [0, 0.05) is 13.5 Å². The molecular formula is C6H9F2N3S. The number of hydrogen-bond donors (Lipinski definition) is 1. The second-order valence-electron chi connectivity index (χ2n) is 2.47. The third kappa shape index (κ3) is 1.38. The van der Waals surface area contributed by atoms with E-state index in [1.165, 1.54) is 18.5 Å². The molecule has 1 aromatic rings. The first-order chi connectivity index (χ1) is 5.49. The van der Waals surface area contributed by atoms with Crippen molar-refractivity contribution >= 4 is 12.2 Å². The van der Waals surface area contributed by atoms with Crippen LogP contribution in [0.1, 0.15) is 19.2 Å². The smallest absolute Gasteiger partial charge is 0.302 e. The summed E-state index contributed by atoms with van der Waals surface area (Å²) in [5, 5.41) is 5.77. The third-order valence-corrected chi connectivity index (χ3v) is 2.02. The Balaban J connectivity index is 3.20. The summed E-state index contributed by atoms with van der Waals surface area (Å²) >= 11 is 4.70. The van der Waals surface area contributed by atoms with Gasteiger partial charge in [0.15, 0.2) is 4.77 Å². The Morgan fingerprint density at radius 1 is 1.67 bits per heavy atom. The van der Waals surface area contributed by atoms with E-state index >= 15 is 0 Å². The molecule has 0 bridgehead atoms. The molecule has 0 saturated heterocycles. The summed E-state index contributed by atoms with van der Waals surface area (Å²) < 4.78 is 27.4. The second-order valence-corrected chi connectivity index (χ2v) is 2.86. The number of nitrogens with zero attached hydrogens (tertiary/aromatic N) is 2. The Kier molecular flexibility index (Phi) is 2.27. The van der Waals surface area contributed by atoms with Gasteiger partial charge < -0.3 is 4.57 Å². The molecule has 0 spiro atoms. The highest BCUT2D eigenvalue weighted by Gasteiger charge is 2.34. The van der Waals surface area contributed by atoms with Crippen molar-refractivity contribution in [2.75, 3.05) is 0 Å². The summed E-state index contributed by atoms with van der Waals surface area (Å²) in [6.45, 7) is 1.40. The van der Waals surface area contributed by atoms with Gasteiger partial charge >= 0.3 is 5.92 Å². The second kappa shape index (κ2) is 2.93. The van der Waals surface area contributed by atoms with Crippen LogP contribution < -0.4 is 0 Å². The van der Waals surface area contributed by atoms with Crippen molar-refractivity contribution in [2.24, 2.45) is 7.05 Å². The maximum absolute atomic E-state index is 13.0. The van der Waals surface area contributed by atoms with Crippen molar-refractivity contribution in [3.05, 3.63) is 10.6 Å². The predicted molar refractivity (Wildman–Crippen MR) is 42.6 cm³/mol. The first-order valence-electron chi connectivity index (χ1n) is 3.48. The topological polar surface area (TPSA) is 33.6 Å². The van der Waals surface area contributed by atoms with Crippen molar-refractivity contribution in [2.45, 2.75) is 19.3 Å². The summed E-state index contributed by atoms with van der Waals surface area (Å²) in [7, 11) is 1.46. The van der Waals surface area contributed by atoms with Crippen LogP contribution in [0.25, 0.3) is 0 Å². The monoisotopic (exact) mass is 193 g/mol. The van der Waals surface area contributed by atoms with Gasteiger partial charge in [-0.3, -0.25) is 5.10 Å². The summed E-state index contributed by atoms with van der Waals surface area (Å²) in [5.74, 6) is -3.21. The van der Waals surface area contributed by atoms with E-state index < -0.39 is 5.92 Å². The lowest BCUT2D eigenvalue weighted by molar-refractivity contribution is -0.0205. The molecule has 0 atom stereocenters. The van der Waals surface area contributed by atoms with Crippen LogP contribution in [-0.4, -0.2) is 14.8 Å². The van der Waals surface area contributed by atoms with Gasteiger partial charge in [0.25, 0.3) is 0 Å². The molecule has 0 aliphatic heterocycles. The van der Waals surface area contributed by atoms with E-state index in [1.54, 1.807) is 0 Å². The minimum absolute atomic E-state index is 0.207. The van der Waals surface area contributed by atoms with Crippen LogP contribution in [0.15, 0.2) is 0 Å². The molecule has 0 saturated carbocycles. The highest BCUT2D eigenvalue weighted by Crippen LogP contribution is 2.28. The van der Waals surface area contributed by atoms with Crippen LogP contribution in [0.2, 0.25) is 0 Å². The maximum atomic E-state index is 13.0. The number of hydrogen-bond acceptors (Lipinski definition) is 2. The van der Waals surface area contributed by atoms with Gasteiger partial charge in [0.1, 0.15) is 0 Å². The van der Waals surface area contributed by atoms with Gasteiger partial charge in [-0.2, -0.15) is 13.9 Å². The van der Waals surface area contributed by atoms with Crippen molar-refractivity contribution < 1.29 is 8.78 Å². The molecule has 1 rings (SSSR count). The van der Waals surface area contributed by atoms with Crippen LogP contribution in [0, 0.1) is 4.77 Å². The normalized spacial score (nSPS) is 12.0. The molecule has 1 heterocycles. The standard InChI is InChI=1S/C6H9F2N3S/c1-3-6(7,8)4-9-10-5(12)11(4)2/h3H2,1-2H3,(H,10,12). The van der Waals surface area contributed by atoms with E-state index in [4.69, 9.17) is 12.2 Å². The molecular weight excluding hydrogens is 184 g/mol. The first-order valence-corrected chi connectivity index (χ1v) is 3.89. The van der Waals surface area contributed by atoms with Gasteiger partial charge in [0.05, 0.1) is 0 Å². The number of halogens is 2. The SMILES string of the molecule is CCC(F)(F)c1n[nH]c(=S)n1C. The largest absolute Gasteiger partial charge is 0.306 e. The number of alkyl halides is 2. The first kappa shape index (κ1) is 9.31. The van der Waals surface area contributed by atoms with Crippen LogP contribution in [0.4, 0.5) is 8.78 Å². The Labute approximate surface area is 73.4 Å². The van der Waals surface area contributed by atoms with Crippen LogP contribution in [-0.2, 0) is 13.0 Å². The molecule has 0 amide bonds. The van der Waals surface area contributed by atoms with E-state index in [0.29, 0.717) is 0 Å². The van der Waals surface area contributed by atoms with Gasteiger partial charge in [-0.05, 0) is 12.2 Å². The number of aromatic nitrogens is 3. The van der Waals surface area contributed by atoms with Crippen molar-refractivity contribution in [3.63, 3.8) is 0 Å². The highest BCUT2D eigenvalue weighted by molar-refractivity contribution is 7.71. The van der Waals surface area contributed by atoms with Gasteiger partial charge in [-0.1, -0.05) is 6.92 Å². The number of rotatable bonds is 2. The maximum Gasteiger partial charge on any atom is 0.306 e. The molecule has 0 aliphatic rings. The highest BCUT2D eigenvalue weighted by atomic mass is 32.1. The molecule has 0 radical (unpaired) electrons. The summed E-state index contributed by atoms with van der Waals surface area (Å²) in [4.78, 5) is 0. The molecule has 6 heteroatoms. The fourth-order valence-electron chi connectivity index (χ4n) is 0.832. The summed E-state index contributed by atoms with van der Waals surface area (Å²) in [5.41, 5.74) is 0. The molecule has 68 valence electrons. The average Bonchev–Trinajstić information content (AvgIpc) is 2.33. The van der Waals surface area contributed by atoms with E-state index in [9.17, 15) is 8.78 Å². The predicted octanol–water partition coefficient (Wildman–Crippen LogP) is 1.98. The summed E-state index contributed by atoms with van der Waals surface area (Å²) in [6, 6.07) is 0. The van der Waals surface area contributed by atoms with Gasteiger partial charge in [-0.25, -0.2) is 0 Å². The van der Waals surface area contributed by atoms with E-state index in [2.05, 4.69) is 10.2 Å². The number of nitrogens with one attached hydrogen (secondary N) is 1. The lowest BCUT2D eigenvalue weighted by Gasteiger charge is -2.11. The van der Waals surface area contributed by atoms with Gasteiger partial charge in [-0.15, -0.1) is 0 Å². The minimum atomic E-state index is -2.90. The third-order valence-electron chi connectivity index (χ3n) is 1.65. The quantitative estimate of drug-likeness (QED) is 0.728. The Bertz CT molecular complexity index is 328. The average molecular weight is 193 g/mol. The molecule has 0 unspecified atom stereocenters. The molecule has 0 aliphatic carbocycles. The zero-order valence-corrected chi connectivity index (χ0v) is 7.58. The van der Waals surface area contributed by atoms with Crippen LogP contribution >= 0.6 is 12.2 Å². The fraction of sp³-hybridized carbons (Fsp3) is 0.667. The zero-order chi connectivity index (χ0) is 9.35. The molecule has 12 heavy (non-hydrogen) atoms. The van der Waals surface area contributed by atoms with Crippen LogP contribution in [0.5, 0.6) is 0 Å². The molecule has 1 N–H and O–H groups in total. The van der Waals surface area contributed by atoms with Crippen molar-refractivity contribution in [1.29, 1.82) is 0 Å². The molecule has 0 aromatic carbocycles. The van der Waals surface area contributed by atoms with Crippen molar-refractivity contribution in [1.82, 2.24) is 14.8 Å². The minimum Gasteiger partial charge on any atom is -0.302 e.